The number of nitrogens with one attached hydrogen (secondary N) is 1. The highest BCUT2D eigenvalue weighted by molar-refractivity contribution is 5.69. The number of carbonyl (C=O) groups is 1. The van der Waals surface area contributed by atoms with Crippen LogP contribution in [0.4, 0.5) is 9.18 Å². The smallest absolute Gasteiger partial charge is 0.410 e. The third kappa shape index (κ3) is 2.14. The molecule has 2 heterocycles. The Bertz CT molecular complexity index is 290. The van der Waals surface area contributed by atoms with Crippen LogP contribution in [0.3, 0.4) is 0 Å². The highest BCUT2D eigenvalue weighted by Crippen LogP contribution is 2.28. The molecule has 2 saturated heterocycles. The van der Waals surface area contributed by atoms with Crippen molar-refractivity contribution in [2.75, 3.05) is 13.1 Å². The lowest BCUT2D eigenvalue weighted by atomic mass is 10.1. The normalized spacial score (nSPS) is 34.0. The summed E-state index contributed by atoms with van der Waals surface area (Å²) < 4.78 is 18.9. The third-order valence-electron chi connectivity index (χ3n) is 3.02. The fourth-order valence-electron chi connectivity index (χ4n) is 2.40. The topological polar surface area (TPSA) is 41.6 Å². The average molecular weight is 230 g/mol. The number of ether oxygens (including phenoxy) is 1. The number of likely N-dealkylation sites (tertiary alicyclic amines) is 1. The summed E-state index contributed by atoms with van der Waals surface area (Å²) in [6, 6.07) is -0.239. The number of hydrogen-bond donors (Lipinski definition) is 1. The highest BCUT2D eigenvalue weighted by Gasteiger charge is 2.47. The molecule has 2 rings (SSSR count). The van der Waals surface area contributed by atoms with Crippen LogP contribution in [0.1, 0.15) is 27.2 Å². The van der Waals surface area contributed by atoms with E-state index in [2.05, 4.69) is 5.32 Å². The minimum atomic E-state index is -0.972. The predicted molar refractivity (Wildman–Crippen MR) is 58.0 cm³/mol. The van der Waals surface area contributed by atoms with Crippen molar-refractivity contribution in [3.63, 3.8) is 0 Å². The second-order valence-corrected chi connectivity index (χ2v) is 5.48. The van der Waals surface area contributed by atoms with Crippen LogP contribution in [0.2, 0.25) is 0 Å². The van der Waals surface area contributed by atoms with Crippen molar-refractivity contribution in [3.8, 4) is 0 Å². The summed E-state index contributed by atoms with van der Waals surface area (Å²) in [6.45, 7) is 6.38. The van der Waals surface area contributed by atoms with E-state index in [0.717, 1.165) is 13.0 Å². The Balaban J connectivity index is 2.02. The third-order valence-corrected chi connectivity index (χ3v) is 3.02. The lowest BCUT2D eigenvalue weighted by Crippen LogP contribution is -2.41. The second-order valence-electron chi connectivity index (χ2n) is 5.48. The van der Waals surface area contributed by atoms with Gasteiger partial charge in [-0.05, 0) is 33.7 Å². The average Bonchev–Trinajstić information content (AvgIpc) is 2.66. The van der Waals surface area contributed by atoms with Crippen molar-refractivity contribution in [2.45, 2.75) is 51.0 Å². The molecule has 2 aliphatic heterocycles. The van der Waals surface area contributed by atoms with Gasteiger partial charge < -0.3 is 15.0 Å². The number of rotatable bonds is 0. The van der Waals surface area contributed by atoms with Crippen LogP contribution in [0.15, 0.2) is 0 Å². The number of amides is 1. The molecule has 0 saturated carbocycles. The second kappa shape index (κ2) is 3.87. The number of halogens is 1. The molecule has 16 heavy (non-hydrogen) atoms. The van der Waals surface area contributed by atoms with Gasteiger partial charge in [0.25, 0.3) is 0 Å². The molecule has 3 atom stereocenters. The Morgan fingerprint density at radius 3 is 2.81 bits per heavy atom. The zero-order chi connectivity index (χ0) is 11.9. The Kier molecular flexibility index (Phi) is 2.82. The summed E-state index contributed by atoms with van der Waals surface area (Å²) in [5.74, 6) is 0. The first-order valence-corrected chi connectivity index (χ1v) is 5.75. The van der Waals surface area contributed by atoms with E-state index in [1.165, 1.54) is 4.90 Å². The van der Waals surface area contributed by atoms with Crippen molar-refractivity contribution in [2.24, 2.45) is 0 Å². The minimum absolute atomic E-state index is 0.0372. The van der Waals surface area contributed by atoms with Crippen molar-refractivity contribution in [1.29, 1.82) is 0 Å². The van der Waals surface area contributed by atoms with Gasteiger partial charge in [0, 0.05) is 0 Å². The highest BCUT2D eigenvalue weighted by atomic mass is 19.1. The molecular weight excluding hydrogens is 211 g/mol. The van der Waals surface area contributed by atoms with Gasteiger partial charge in [0.1, 0.15) is 11.8 Å². The predicted octanol–water partition coefficient (Wildman–Crippen LogP) is 1.31. The summed E-state index contributed by atoms with van der Waals surface area (Å²) in [4.78, 5) is 13.4. The van der Waals surface area contributed by atoms with Crippen LogP contribution >= 0.6 is 0 Å². The molecule has 2 aliphatic rings. The lowest BCUT2D eigenvalue weighted by molar-refractivity contribution is 0.0219. The van der Waals surface area contributed by atoms with Gasteiger partial charge in [0.2, 0.25) is 0 Å². The van der Waals surface area contributed by atoms with E-state index in [1.807, 2.05) is 20.8 Å². The molecule has 3 unspecified atom stereocenters. The molecule has 1 amide bonds. The van der Waals surface area contributed by atoms with Gasteiger partial charge in [-0.25, -0.2) is 9.18 Å². The van der Waals surface area contributed by atoms with Gasteiger partial charge in [-0.15, -0.1) is 0 Å². The van der Waals surface area contributed by atoms with E-state index in [1.54, 1.807) is 0 Å². The van der Waals surface area contributed by atoms with E-state index in [4.69, 9.17) is 4.74 Å². The molecule has 4 nitrogen and oxygen atoms in total. The van der Waals surface area contributed by atoms with E-state index in [9.17, 15) is 9.18 Å². The summed E-state index contributed by atoms with van der Waals surface area (Å²) >= 11 is 0. The Labute approximate surface area is 95.1 Å². The Hall–Kier alpha value is -0.840. The van der Waals surface area contributed by atoms with Crippen molar-refractivity contribution < 1.29 is 13.9 Å². The monoisotopic (exact) mass is 230 g/mol. The van der Waals surface area contributed by atoms with Crippen molar-refractivity contribution in [3.05, 3.63) is 0 Å². The molecule has 0 aliphatic carbocycles. The number of hydrogen-bond acceptors (Lipinski definition) is 3. The molecule has 0 aromatic carbocycles. The number of carbonyl (C=O) groups excluding carboxylic acids is 1. The molecular formula is C11H19FN2O2. The Morgan fingerprint density at radius 1 is 1.50 bits per heavy atom. The maximum Gasteiger partial charge on any atom is 0.410 e. The fourth-order valence-corrected chi connectivity index (χ4v) is 2.40. The lowest BCUT2D eigenvalue weighted by Gasteiger charge is -2.27. The molecule has 0 aromatic rings. The summed E-state index contributed by atoms with van der Waals surface area (Å²) in [6.07, 6.45) is -0.559. The summed E-state index contributed by atoms with van der Waals surface area (Å²) in [7, 11) is 0. The van der Waals surface area contributed by atoms with Crippen molar-refractivity contribution in [1.82, 2.24) is 10.2 Å². The van der Waals surface area contributed by atoms with Gasteiger partial charge in [0.15, 0.2) is 0 Å². The van der Waals surface area contributed by atoms with E-state index in [0.29, 0.717) is 0 Å². The summed E-state index contributed by atoms with van der Waals surface area (Å²) in [5, 5.41) is 3.09. The maximum atomic E-state index is 13.6. The van der Waals surface area contributed by atoms with E-state index in [-0.39, 0.29) is 18.6 Å². The van der Waals surface area contributed by atoms with E-state index < -0.39 is 17.9 Å². The maximum absolute atomic E-state index is 13.6. The molecule has 5 heteroatoms. The number of fused-ring (bicyclic) bond motifs is 1. The molecule has 0 aromatic heterocycles. The van der Waals surface area contributed by atoms with Gasteiger partial charge in [-0.1, -0.05) is 0 Å². The van der Waals surface area contributed by atoms with Crippen molar-refractivity contribution >= 4 is 6.09 Å². The van der Waals surface area contributed by atoms with Crippen LogP contribution in [0.5, 0.6) is 0 Å². The molecule has 0 spiro atoms. The minimum Gasteiger partial charge on any atom is -0.444 e. The zero-order valence-electron chi connectivity index (χ0n) is 10.00. The SMILES string of the molecule is CC(C)(C)OC(=O)N1CC(F)C2NCCC21. The molecule has 2 fully saturated rings. The van der Waals surface area contributed by atoms with Gasteiger partial charge in [-0.3, -0.25) is 0 Å². The molecule has 1 N–H and O–H groups in total. The fraction of sp³-hybridized carbons (Fsp3) is 0.909. The van der Waals surface area contributed by atoms with Crippen LogP contribution in [-0.4, -0.2) is 47.9 Å². The zero-order valence-corrected chi connectivity index (χ0v) is 10.00. The number of nitrogens with zero attached hydrogens (tertiary/aromatic N) is 1. The molecule has 92 valence electrons. The quantitative estimate of drug-likeness (QED) is 0.682. The molecule has 0 radical (unpaired) electrons. The Morgan fingerprint density at radius 2 is 2.19 bits per heavy atom. The van der Waals surface area contributed by atoms with Crippen LogP contribution in [0.25, 0.3) is 0 Å². The standard InChI is InChI=1S/C11H19FN2O2/c1-11(2,3)16-10(15)14-6-7(12)9-8(14)4-5-13-9/h7-9,13H,4-6H2,1-3H3. The molecule has 0 bridgehead atoms. The summed E-state index contributed by atoms with van der Waals surface area (Å²) in [5.41, 5.74) is -0.521. The van der Waals surface area contributed by atoms with Gasteiger partial charge >= 0.3 is 6.09 Å². The first-order valence-electron chi connectivity index (χ1n) is 5.75. The van der Waals surface area contributed by atoms with Crippen LogP contribution in [-0.2, 0) is 4.74 Å². The first kappa shape index (κ1) is 11.6. The van der Waals surface area contributed by atoms with Gasteiger partial charge in [-0.2, -0.15) is 0 Å². The first-order chi connectivity index (χ1) is 7.38. The largest absolute Gasteiger partial charge is 0.444 e. The van der Waals surface area contributed by atoms with E-state index >= 15 is 0 Å². The van der Waals surface area contributed by atoms with Crippen LogP contribution in [0, 0.1) is 0 Å². The van der Waals surface area contributed by atoms with Crippen LogP contribution < -0.4 is 5.32 Å². The van der Waals surface area contributed by atoms with Gasteiger partial charge in [0.05, 0.1) is 18.6 Å². The number of alkyl halides is 1.